The number of rotatable bonds is 4. The SMILES string of the molecule is Cc1cc(Br)cc([N+](=O)[O-])c1Oc1c(Cl)cccc1CO. The second kappa shape index (κ2) is 6.43. The Labute approximate surface area is 134 Å². The fourth-order valence-corrected chi connectivity index (χ4v) is 2.67. The highest BCUT2D eigenvalue weighted by Crippen LogP contribution is 2.40. The Kier molecular flexibility index (Phi) is 4.82. The molecule has 110 valence electrons. The summed E-state index contributed by atoms with van der Waals surface area (Å²) in [6.07, 6.45) is 0. The Morgan fingerprint density at radius 3 is 2.71 bits per heavy atom. The maximum Gasteiger partial charge on any atom is 0.312 e. The van der Waals surface area contributed by atoms with Crippen molar-refractivity contribution in [1.82, 2.24) is 0 Å². The van der Waals surface area contributed by atoms with Gasteiger partial charge in [-0.05, 0) is 24.6 Å². The smallest absolute Gasteiger partial charge is 0.312 e. The average Bonchev–Trinajstić information content (AvgIpc) is 2.42. The van der Waals surface area contributed by atoms with Crippen LogP contribution in [0, 0.1) is 17.0 Å². The van der Waals surface area contributed by atoms with Crippen molar-refractivity contribution < 1.29 is 14.8 Å². The zero-order valence-corrected chi connectivity index (χ0v) is 13.3. The third-order valence-electron chi connectivity index (χ3n) is 2.84. The Balaban J connectivity index is 2.57. The van der Waals surface area contributed by atoms with Crippen LogP contribution in [0.15, 0.2) is 34.8 Å². The van der Waals surface area contributed by atoms with E-state index in [2.05, 4.69) is 15.9 Å². The molecule has 7 heteroatoms. The molecule has 0 aliphatic rings. The third kappa shape index (κ3) is 3.34. The Morgan fingerprint density at radius 2 is 2.10 bits per heavy atom. The van der Waals surface area contributed by atoms with Crippen LogP contribution in [0.1, 0.15) is 11.1 Å². The minimum Gasteiger partial charge on any atom is -0.448 e. The predicted octanol–water partition coefficient (Wildman–Crippen LogP) is 4.60. The van der Waals surface area contributed by atoms with Crippen LogP contribution >= 0.6 is 27.5 Å². The molecular weight excluding hydrogens is 362 g/mol. The standard InChI is InChI=1S/C14H11BrClNO4/c1-8-5-10(15)6-12(17(19)20)13(8)21-14-9(7-18)3-2-4-11(14)16/h2-6,18H,7H2,1H3. The van der Waals surface area contributed by atoms with E-state index in [9.17, 15) is 15.2 Å². The number of aliphatic hydroxyl groups is 1. The first-order valence-electron chi connectivity index (χ1n) is 5.94. The normalized spacial score (nSPS) is 10.5. The highest BCUT2D eigenvalue weighted by Gasteiger charge is 2.21. The van der Waals surface area contributed by atoms with E-state index >= 15 is 0 Å². The molecule has 0 aromatic heterocycles. The number of hydrogen-bond donors (Lipinski definition) is 1. The largest absolute Gasteiger partial charge is 0.448 e. The summed E-state index contributed by atoms with van der Waals surface area (Å²) < 4.78 is 6.24. The molecule has 0 saturated carbocycles. The van der Waals surface area contributed by atoms with Gasteiger partial charge in [-0.25, -0.2) is 0 Å². The molecule has 1 N–H and O–H groups in total. The number of aliphatic hydroxyl groups excluding tert-OH is 1. The number of ether oxygens (including phenoxy) is 1. The second-order valence-electron chi connectivity index (χ2n) is 4.32. The zero-order valence-electron chi connectivity index (χ0n) is 11.0. The van der Waals surface area contributed by atoms with Crippen LogP contribution < -0.4 is 4.74 Å². The summed E-state index contributed by atoms with van der Waals surface area (Å²) in [5, 5.41) is 20.8. The van der Waals surface area contributed by atoms with Crippen molar-refractivity contribution in [2.75, 3.05) is 0 Å². The van der Waals surface area contributed by atoms with Crippen molar-refractivity contribution in [2.45, 2.75) is 13.5 Å². The molecule has 0 amide bonds. The molecule has 0 fully saturated rings. The first-order valence-corrected chi connectivity index (χ1v) is 7.11. The van der Waals surface area contributed by atoms with E-state index in [1.54, 1.807) is 31.2 Å². The van der Waals surface area contributed by atoms with E-state index < -0.39 is 4.92 Å². The van der Waals surface area contributed by atoms with Gasteiger partial charge in [0, 0.05) is 16.1 Å². The summed E-state index contributed by atoms with van der Waals surface area (Å²) in [6, 6.07) is 7.97. The third-order valence-corrected chi connectivity index (χ3v) is 3.59. The first kappa shape index (κ1) is 15.8. The summed E-state index contributed by atoms with van der Waals surface area (Å²) in [6.45, 7) is 1.42. The molecule has 0 bridgehead atoms. The molecule has 0 aliphatic heterocycles. The average molecular weight is 373 g/mol. The van der Waals surface area contributed by atoms with Gasteiger partial charge in [-0.3, -0.25) is 10.1 Å². The van der Waals surface area contributed by atoms with Crippen molar-refractivity contribution in [1.29, 1.82) is 0 Å². The van der Waals surface area contributed by atoms with Gasteiger partial charge < -0.3 is 9.84 Å². The number of para-hydroxylation sites is 1. The van der Waals surface area contributed by atoms with Crippen LogP contribution in [-0.2, 0) is 6.61 Å². The molecule has 0 saturated heterocycles. The van der Waals surface area contributed by atoms with Crippen LogP contribution in [0.4, 0.5) is 5.69 Å². The van der Waals surface area contributed by atoms with Crippen molar-refractivity contribution in [2.24, 2.45) is 0 Å². The van der Waals surface area contributed by atoms with Crippen LogP contribution in [-0.4, -0.2) is 10.0 Å². The minimum atomic E-state index is -0.525. The molecule has 2 aromatic carbocycles. The number of nitrogens with zero attached hydrogens (tertiary/aromatic N) is 1. The van der Waals surface area contributed by atoms with Crippen molar-refractivity contribution in [3.05, 3.63) is 61.1 Å². The minimum absolute atomic E-state index is 0.103. The number of nitro benzene ring substituents is 1. The molecule has 0 radical (unpaired) electrons. The lowest BCUT2D eigenvalue weighted by molar-refractivity contribution is -0.385. The Bertz CT molecular complexity index is 706. The van der Waals surface area contributed by atoms with E-state index in [4.69, 9.17) is 16.3 Å². The number of benzene rings is 2. The monoisotopic (exact) mass is 371 g/mol. The van der Waals surface area contributed by atoms with E-state index in [-0.39, 0.29) is 28.8 Å². The maximum atomic E-state index is 11.2. The highest BCUT2D eigenvalue weighted by atomic mass is 79.9. The fraction of sp³-hybridized carbons (Fsp3) is 0.143. The maximum absolute atomic E-state index is 11.2. The molecular formula is C14H11BrClNO4. The molecule has 21 heavy (non-hydrogen) atoms. The van der Waals surface area contributed by atoms with E-state index in [1.807, 2.05) is 0 Å². The fourth-order valence-electron chi connectivity index (χ4n) is 1.87. The summed E-state index contributed by atoms with van der Waals surface area (Å²) >= 11 is 9.28. The van der Waals surface area contributed by atoms with Gasteiger partial charge >= 0.3 is 5.69 Å². The quantitative estimate of drug-likeness (QED) is 0.628. The molecule has 0 spiro atoms. The van der Waals surface area contributed by atoms with E-state index in [1.165, 1.54) is 6.07 Å². The first-order chi connectivity index (χ1) is 9.93. The van der Waals surface area contributed by atoms with Gasteiger partial charge in [0.15, 0.2) is 5.75 Å². The summed E-state index contributed by atoms with van der Waals surface area (Å²) in [5.74, 6) is 0.321. The summed E-state index contributed by atoms with van der Waals surface area (Å²) in [7, 11) is 0. The van der Waals surface area contributed by atoms with Gasteiger partial charge in [-0.15, -0.1) is 0 Å². The molecule has 2 aromatic rings. The van der Waals surface area contributed by atoms with E-state index in [0.717, 1.165) is 0 Å². The number of halogens is 2. The van der Waals surface area contributed by atoms with Crippen molar-refractivity contribution >= 4 is 33.2 Å². The van der Waals surface area contributed by atoms with Gasteiger partial charge in [-0.1, -0.05) is 39.7 Å². The lowest BCUT2D eigenvalue weighted by atomic mass is 10.1. The summed E-state index contributed by atoms with van der Waals surface area (Å²) in [5.41, 5.74) is 0.865. The van der Waals surface area contributed by atoms with Crippen LogP contribution in [0.5, 0.6) is 11.5 Å². The number of aryl methyl sites for hydroxylation is 1. The predicted molar refractivity (Wildman–Crippen MR) is 83.0 cm³/mol. The van der Waals surface area contributed by atoms with Gasteiger partial charge in [0.25, 0.3) is 0 Å². The second-order valence-corrected chi connectivity index (χ2v) is 5.64. The van der Waals surface area contributed by atoms with Gasteiger partial charge in [0.05, 0.1) is 16.6 Å². The summed E-state index contributed by atoms with van der Waals surface area (Å²) in [4.78, 5) is 10.7. The molecule has 2 rings (SSSR count). The Morgan fingerprint density at radius 1 is 1.38 bits per heavy atom. The lowest BCUT2D eigenvalue weighted by Crippen LogP contribution is -1.99. The lowest BCUT2D eigenvalue weighted by Gasteiger charge is -2.13. The van der Waals surface area contributed by atoms with Gasteiger partial charge in [-0.2, -0.15) is 0 Å². The van der Waals surface area contributed by atoms with Crippen LogP contribution in [0.2, 0.25) is 5.02 Å². The molecule has 0 heterocycles. The molecule has 5 nitrogen and oxygen atoms in total. The van der Waals surface area contributed by atoms with Crippen LogP contribution in [0.3, 0.4) is 0 Å². The van der Waals surface area contributed by atoms with Crippen molar-refractivity contribution in [3.63, 3.8) is 0 Å². The molecule has 0 atom stereocenters. The van der Waals surface area contributed by atoms with Gasteiger partial charge in [0.2, 0.25) is 5.75 Å². The van der Waals surface area contributed by atoms with Gasteiger partial charge in [0.1, 0.15) is 0 Å². The number of hydrogen-bond acceptors (Lipinski definition) is 4. The highest BCUT2D eigenvalue weighted by molar-refractivity contribution is 9.10. The number of nitro groups is 1. The van der Waals surface area contributed by atoms with E-state index in [0.29, 0.717) is 15.6 Å². The topological polar surface area (TPSA) is 72.6 Å². The van der Waals surface area contributed by atoms with Crippen LogP contribution in [0.25, 0.3) is 0 Å². The zero-order chi connectivity index (χ0) is 15.6. The van der Waals surface area contributed by atoms with Crippen molar-refractivity contribution in [3.8, 4) is 11.5 Å². The Hall–Kier alpha value is -1.63. The molecule has 0 aliphatic carbocycles. The molecule has 0 unspecified atom stereocenters.